The number of hydroxylamine groups is 1. The molecule has 158 valence electrons. The Morgan fingerprint density at radius 2 is 1.77 bits per heavy atom. The van der Waals surface area contributed by atoms with Crippen LogP contribution in [0.3, 0.4) is 0 Å². The van der Waals surface area contributed by atoms with Crippen LogP contribution in [-0.2, 0) is 10.4 Å². The number of nitrogens with one attached hydrogen (secondary N) is 2. The standard InChI is InChI=1S/C19H13Cl2F3N2O4/c1-9-4-10(2-3-14(9)16(27)25-17(28)29)15-8-18(30-26-15,19(22,23)24)11-5-12(20)7-13(21)6-11/h2-8,26H,1H3,(H,25,27)(H,28,29). The van der Waals surface area contributed by atoms with Crippen LogP contribution in [0.4, 0.5) is 18.0 Å². The van der Waals surface area contributed by atoms with Crippen molar-refractivity contribution in [1.82, 2.24) is 10.8 Å². The van der Waals surface area contributed by atoms with E-state index < -0.39 is 23.8 Å². The van der Waals surface area contributed by atoms with Crippen molar-refractivity contribution in [2.75, 3.05) is 0 Å². The molecule has 1 atom stereocenters. The van der Waals surface area contributed by atoms with Crippen LogP contribution in [0.5, 0.6) is 0 Å². The molecule has 0 radical (unpaired) electrons. The molecule has 1 aliphatic rings. The Labute approximate surface area is 178 Å². The van der Waals surface area contributed by atoms with Gasteiger partial charge in [0.05, 0.1) is 5.70 Å². The maximum Gasteiger partial charge on any atom is 0.428 e. The van der Waals surface area contributed by atoms with E-state index in [4.69, 9.17) is 33.1 Å². The first-order valence-electron chi connectivity index (χ1n) is 8.28. The van der Waals surface area contributed by atoms with Crippen LogP contribution in [0, 0.1) is 6.92 Å². The summed E-state index contributed by atoms with van der Waals surface area (Å²) < 4.78 is 42.1. The van der Waals surface area contributed by atoms with Gasteiger partial charge in [-0.3, -0.25) is 20.4 Å². The largest absolute Gasteiger partial charge is 0.465 e. The molecule has 0 saturated carbocycles. The SMILES string of the molecule is Cc1cc(C2=CC(c3cc(Cl)cc(Cl)c3)(C(F)(F)F)ON2)ccc1C(=O)NC(=O)O. The second kappa shape index (κ2) is 7.82. The van der Waals surface area contributed by atoms with Gasteiger partial charge in [0.1, 0.15) is 0 Å². The highest BCUT2D eigenvalue weighted by atomic mass is 35.5. The number of amides is 2. The van der Waals surface area contributed by atoms with E-state index in [-0.39, 0.29) is 26.9 Å². The molecule has 2 aromatic rings. The van der Waals surface area contributed by atoms with Crippen molar-refractivity contribution in [2.45, 2.75) is 18.7 Å². The van der Waals surface area contributed by atoms with Gasteiger partial charge in [-0.2, -0.15) is 13.2 Å². The normalized spacial score (nSPS) is 18.5. The van der Waals surface area contributed by atoms with E-state index in [1.165, 1.54) is 31.2 Å². The molecule has 0 aromatic heterocycles. The quantitative estimate of drug-likeness (QED) is 0.596. The molecule has 30 heavy (non-hydrogen) atoms. The zero-order valence-corrected chi connectivity index (χ0v) is 16.6. The molecule has 3 N–H and O–H groups in total. The molecule has 0 fully saturated rings. The molecule has 3 rings (SSSR count). The fourth-order valence-corrected chi connectivity index (χ4v) is 3.53. The molecular formula is C19H13Cl2F3N2O4. The third kappa shape index (κ3) is 4.09. The Morgan fingerprint density at radius 3 is 2.30 bits per heavy atom. The maximum absolute atomic E-state index is 14.0. The third-order valence-corrected chi connectivity index (χ3v) is 4.82. The summed E-state index contributed by atoms with van der Waals surface area (Å²) in [6.07, 6.45) is -5.53. The summed E-state index contributed by atoms with van der Waals surface area (Å²) in [6, 6.07) is 7.60. The number of carboxylic acid groups (broad SMARTS) is 1. The molecule has 0 spiro atoms. The number of alkyl halides is 3. The highest BCUT2D eigenvalue weighted by Gasteiger charge is 2.59. The number of hydrogen-bond donors (Lipinski definition) is 3. The summed E-state index contributed by atoms with van der Waals surface area (Å²) in [5.74, 6) is -0.852. The zero-order chi connectivity index (χ0) is 22.3. The lowest BCUT2D eigenvalue weighted by atomic mass is 9.91. The number of carbonyl (C=O) groups is 2. The summed E-state index contributed by atoms with van der Waals surface area (Å²) in [7, 11) is 0. The molecule has 0 aliphatic carbocycles. The van der Waals surface area contributed by atoms with Crippen LogP contribution in [0.2, 0.25) is 10.0 Å². The fourth-order valence-electron chi connectivity index (χ4n) is 3.00. The Morgan fingerprint density at radius 1 is 1.13 bits per heavy atom. The van der Waals surface area contributed by atoms with Crippen LogP contribution < -0.4 is 10.8 Å². The summed E-state index contributed by atoms with van der Waals surface area (Å²) in [6.45, 7) is 1.52. The van der Waals surface area contributed by atoms with Gasteiger partial charge in [0.2, 0.25) is 5.60 Å². The van der Waals surface area contributed by atoms with Gasteiger partial charge in [0.25, 0.3) is 5.91 Å². The number of hydrogen-bond acceptors (Lipinski definition) is 4. The average Bonchev–Trinajstić information content (AvgIpc) is 3.06. The van der Waals surface area contributed by atoms with Crippen LogP contribution in [0.1, 0.15) is 27.0 Å². The van der Waals surface area contributed by atoms with E-state index in [2.05, 4.69) is 5.48 Å². The molecule has 6 nitrogen and oxygen atoms in total. The number of aryl methyl sites for hydroxylation is 1. The first-order valence-corrected chi connectivity index (χ1v) is 9.04. The number of halogens is 5. The third-order valence-electron chi connectivity index (χ3n) is 4.38. The van der Waals surface area contributed by atoms with Gasteiger partial charge in [-0.25, -0.2) is 4.79 Å². The predicted molar refractivity (Wildman–Crippen MR) is 103 cm³/mol. The van der Waals surface area contributed by atoms with Crippen molar-refractivity contribution in [3.63, 3.8) is 0 Å². The molecular weight excluding hydrogens is 448 g/mol. The Hall–Kier alpha value is -2.75. The topological polar surface area (TPSA) is 87.7 Å². The second-order valence-corrected chi connectivity index (χ2v) is 7.32. The van der Waals surface area contributed by atoms with Crippen LogP contribution >= 0.6 is 23.2 Å². The predicted octanol–water partition coefficient (Wildman–Crippen LogP) is 5.04. The minimum Gasteiger partial charge on any atom is -0.465 e. The van der Waals surface area contributed by atoms with Gasteiger partial charge in [0, 0.05) is 21.2 Å². The summed E-state index contributed by atoms with van der Waals surface area (Å²) in [4.78, 5) is 27.5. The fraction of sp³-hybridized carbons (Fsp3) is 0.158. The van der Waals surface area contributed by atoms with Gasteiger partial charge >= 0.3 is 12.3 Å². The van der Waals surface area contributed by atoms with E-state index in [0.29, 0.717) is 11.1 Å². The summed E-state index contributed by atoms with van der Waals surface area (Å²) >= 11 is 11.7. The maximum atomic E-state index is 14.0. The van der Waals surface area contributed by atoms with E-state index in [1.807, 2.05) is 0 Å². The Bertz CT molecular complexity index is 1050. The molecule has 2 aromatic carbocycles. The lowest BCUT2D eigenvalue weighted by Gasteiger charge is -2.28. The Kier molecular flexibility index (Phi) is 5.72. The Balaban J connectivity index is 2.04. The smallest absolute Gasteiger partial charge is 0.428 e. The molecule has 1 aliphatic heterocycles. The first kappa shape index (κ1) is 21.9. The van der Waals surface area contributed by atoms with Crippen molar-refractivity contribution >= 4 is 40.9 Å². The number of rotatable bonds is 3. The van der Waals surface area contributed by atoms with Crippen molar-refractivity contribution in [3.05, 3.63) is 74.8 Å². The minimum absolute atomic E-state index is 0.00304. The lowest BCUT2D eigenvalue weighted by molar-refractivity contribution is -0.269. The molecule has 1 unspecified atom stereocenters. The van der Waals surface area contributed by atoms with Crippen LogP contribution in [0.15, 0.2) is 42.5 Å². The molecule has 1 heterocycles. The van der Waals surface area contributed by atoms with E-state index in [9.17, 15) is 22.8 Å². The van der Waals surface area contributed by atoms with E-state index >= 15 is 0 Å². The van der Waals surface area contributed by atoms with E-state index in [1.54, 1.807) is 5.32 Å². The van der Waals surface area contributed by atoms with Crippen molar-refractivity contribution < 1.29 is 32.7 Å². The number of imide groups is 1. The number of benzene rings is 2. The van der Waals surface area contributed by atoms with E-state index in [0.717, 1.165) is 18.2 Å². The van der Waals surface area contributed by atoms with Crippen molar-refractivity contribution in [2.24, 2.45) is 0 Å². The number of carbonyl (C=O) groups excluding carboxylic acids is 1. The average molecular weight is 461 g/mol. The van der Waals surface area contributed by atoms with Gasteiger partial charge in [-0.05, 0) is 54.5 Å². The molecule has 2 amide bonds. The molecule has 0 saturated heterocycles. The highest BCUT2D eigenvalue weighted by molar-refractivity contribution is 6.34. The zero-order valence-electron chi connectivity index (χ0n) is 15.1. The van der Waals surface area contributed by atoms with Gasteiger partial charge < -0.3 is 5.11 Å². The molecule has 0 bridgehead atoms. The van der Waals surface area contributed by atoms with Gasteiger partial charge in [-0.1, -0.05) is 29.3 Å². The minimum atomic E-state index is -4.86. The van der Waals surface area contributed by atoms with Crippen molar-refractivity contribution in [3.8, 4) is 0 Å². The monoisotopic (exact) mass is 460 g/mol. The van der Waals surface area contributed by atoms with Crippen molar-refractivity contribution in [1.29, 1.82) is 0 Å². The highest BCUT2D eigenvalue weighted by Crippen LogP contribution is 2.48. The summed E-state index contributed by atoms with van der Waals surface area (Å²) in [5, 5.41) is 10.4. The van der Waals surface area contributed by atoms with Crippen LogP contribution in [-0.4, -0.2) is 23.3 Å². The van der Waals surface area contributed by atoms with Crippen LogP contribution in [0.25, 0.3) is 5.70 Å². The van der Waals surface area contributed by atoms with Gasteiger partial charge in [0.15, 0.2) is 0 Å². The lowest BCUT2D eigenvalue weighted by Crippen LogP contribution is -2.42. The summed E-state index contributed by atoms with van der Waals surface area (Å²) in [5.41, 5.74) is -0.184. The molecule has 11 heteroatoms. The second-order valence-electron chi connectivity index (χ2n) is 6.44. The first-order chi connectivity index (χ1) is 13.9. The van der Waals surface area contributed by atoms with Gasteiger partial charge in [-0.15, -0.1) is 0 Å².